The zero-order valence-corrected chi connectivity index (χ0v) is 12.7. The summed E-state index contributed by atoms with van der Waals surface area (Å²) < 4.78 is 41.8. The maximum atomic E-state index is 13.8. The van der Waals surface area contributed by atoms with Crippen molar-refractivity contribution in [3.05, 3.63) is 40.9 Å². The van der Waals surface area contributed by atoms with Crippen molar-refractivity contribution in [2.45, 2.75) is 11.4 Å². The SMILES string of the molecule is Nc1cc(Br)c(F)c(S(=O)(=O)NCCn2cccn2)c1. The van der Waals surface area contributed by atoms with Crippen LogP contribution in [0.1, 0.15) is 0 Å². The molecular weight excluding hydrogens is 351 g/mol. The summed E-state index contributed by atoms with van der Waals surface area (Å²) in [6.07, 6.45) is 3.29. The van der Waals surface area contributed by atoms with Gasteiger partial charge in [-0.05, 0) is 34.1 Å². The van der Waals surface area contributed by atoms with E-state index >= 15 is 0 Å². The van der Waals surface area contributed by atoms with Crippen LogP contribution in [0.3, 0.4) is 0 Å². The molecule has 9 heteroatoms. The zero-order valence-electron chi connectivity index (χ0n) is 10.3. The topological polar surface area (TPSA) is 90.0 Å². The van der Waals surface area contributed by atoms with Crippen molar-refractivity contribution in [3.63, 3.8) is 0 Å². The van der Waals surface area contributed by atoms with Crippen molar-refractivity contribution in [2.75, 3.05) is 12.3 Å². The van der Waals surface area contributed by atoms with E-state index < -0.39 is 20.7 Å². The van der Waals surface area contributed by atoms with Gasteiger partial charge in [-0.1, -0.05) is 0 Å². The third-order valence-corrected chi connectivity index (χ3v) is 4.54. The number of nitrogen functional groups attached to an aromatic ring is 1. The second-order valence-corrected chi connectivity index (χ2v) is 6.57. The average molecular weight is 363 g/mol. The molecule has 2 aromatic rings. The highest BCUT2D eigenvalue weighted by molar-refractivity contribution is 9.10. The quantitative estimate of drug-likeness (QED) is 0.785. The number of aromatic nitrogens is 2. The number of benzene rings is 1. The molecule has 0 bridgehead atoms. The Kier molecular flexibility index (Phi) is 4.41. The molecule has 108 valence electrons. The molecule has 0 radical (unpaired) electrons. The van der Waals surface area contributed by atoms with Gasteiger partial charge in [-0.3, -0.25) is 4.68 Å². The van der Waals surface area contributed by atoms with Crippen LogP contribution in [0.5, 0.6) is 0 Å². The molecule has 0 fully saturated rings. The molecule has 1 heterocycles. The van der Waals surface area contributed by atoms with Gasteiger partial charge in [0.15, 0.2) is 5.82 Å². The van der Waals surface area contributed by atoms with Crippen LogP contribution in [-0.2, 0) is 16.6 Å². The summed E-state index contributed by atoms with van der Waals surface area (Å²) in [6.45, 7) is 0.438. The fourth-order valence-corrected chi connectivity index (χ4v) is 3.35. The summed E-state index contributed by atoms with van der Waals surface area (Å²) >= 11 is 2.93. The van der Waals surface area contributed by atoms with E-state index in [0.29, 0.717) is 6.54 Å². The third kappa shape index (κ3) is 3.35. The predicted molar refractivity (Wildman–Crippen MR) is 75.9 cm³/mol. The van der Waals surface area contributed by atoms with E-state index in [2.05, 4.69) is 25.8 Å². The van der Waals surface area contributed by atoms with Crippen molar-refractivity contribution in [2.24, 2.45) is 0 Å². The average Bonchev–Trinajstić information content (AvgIpc) is 2.86. The lowest BCUT2D eigenvalue weighted by atomic mass is 10.3. The molecule has 2 rings (SSSR count). The van der Waals surface area contributed by atoms with Crippen molar-refractivity contribution < 1.29 is 12.8 Å². The van der Waals surface area contributed by atoms with E-state index in [1.54, 1.807) is 23.1 Å². The zero-order chi connectivity index (χ0) is 14.8. The Bertz CT molecular complexity index is 703. The van der Waals surface area contributed by atoms with E-state index in [1.165, 1.54) is 6.07 Å². The Morgan fingerprint density at radius 2 is 2.20 bits per heavy atom. The molecular formula is C11H12BrFN4O2S. The van der Waals surface area contributed by atoms with E-state index in [-0.39, 0.29) is 16.7 Å². The number of nitrogens with one attached hydrogen (secondary N) is 1. The first-order chi connectivity index (χ1) is 9.40. The van der Waals surface area contributed by atoms with Gasteiger partial charge in [0.2, 0.25) is 10.0 Å². The van der Waals surface area contributed by atoms with Crippen LogP contribution >= 0.6 is 15.9 Å². The predicted octanol–water partition coefficient (Wildman–Crippen LogP) is 1.35. The lowest BCUT2D eigenvalue weighted by Crippen LogP contribution is -2.28. The molecule has 3 N–H and O–H groups in total. The summed E-state index contributed by atoms with van der Waals surface area (Å²) in [6, 6.07) is 4.11. The van der Waals surface area contributed by atoms with E-state index in [1.807, 2.05) is 0 Å². The lowest BCUT2D eigenvalue weighted by molar-refractivity contribution is 0.543. The molecule has 0 saturated carbocycles. The first-order valence-electron chi connectivity index (χ1n) is 5.62. The number of nitrogens with zero attached hydrogens (tertiary/aromatic N) is 2. The van der Waals surface area contributed by atoms with Gasteiger partial charge in [0.25, 0.3) is 0 Å². The van der Waals surface area contributed by atoms with Gasteiger partial charge >= 0.3 is 0 Å². The first-order valence-corrected chi connectivity index (χ1v) is 7.89. The largest absolute Gasteiger partial charge is 0.399 e. The van der Waals surface area contributed by atoms with Crippen LogP contribution < -0.4 is 10.5 Å². The van der Waals surface area contributed by atoms with Crippen molar-refractivity contribution in [1.82, 2.24) is 14.5 Å². The van der Waals surface area contributed by atoms with Crippen molar-refractivity contribution in [1.29, 1.82) is 0 Å². The summed E-state index contributed by atoms with van der Waals surface area (Å²) in [5.74, 6) is -0.870. The van der Waals surface area contributed by atoms with Crippen LogP contribution in [0.25, 0.3) is 0 Å². The highest BCUT2D eigenvalue weighted by atomic mass is 79.9. The molecule has 6 nitrogen and oxygen atoms in total. The highest BCUT2D eigenvalue weighted by Crippen LogP contribution is 2.25. The molecule has 0 aliphatic rings. The molecule has 0 saturated heterocycles. The summed E-state index contributed by atoms with van der Waals surface area (Å²) in [5, 5.41) is 3.93. The number of sulfonamides is 1. The Balaban J connectivity index is 2.14. The summed E-state index contributed by atoms with van der Waals surface area (Å²) in [7, 11) is -3.97. The molecule has 0 aliphatic heterocycles. The number of hydrogen-bond donors (Lipinski definition) is 2. The molecule has 1 aromatic carbocycles. The minimum atomic E-state index is -3.97. The van der Waals surface area contributed by atoms with Gasteiger partial charge in [0.1, 0.15) is 4.90 Å². The molecule has 0 unspecified atom stereocenters. The van der Waals surface area contributed by atoms with Gasteiger partial charge in [-0.25, -0.2) is 17.5 Å². The molecule has 20 heavy (non-hydrogen) atoms. The highest BCUT2D eigenvalue weighted by Gasteiger charge is 2.21. The Morgan fingerprint density at radius 3 is 2.85 bits per heavy atom. The normalized spacial score (nSPS) is 11.7. The van der Waals surface area contributed by atoms with E-state index in [9.17, 15) is 12.8 Å². The maximum absolute atomic E-state index is 13.8. The molecule has 0 atom stereocenters. The Morgan fingerprint density at radius 1 is 1.45 bits per heavy atom. The monoisotopic (exact) mass is 362 g/mol. The number of halogens is 2. The van der Waals surface area contributed by atoms with Crippen molar-refractivity contribution >= 4 is 31.6 Å². The fourth-order valence-electron chi connectivity index (χ4n) is 1.58. The van der Waals surface area contributed by atoms with Gasteiger partial charge in [-0.2, -0.15) is 5.10 Å². The van der Waals surface area contributed by atoms with Crippen LogP contribution in [0.2, 0.25) is 0 Å². The number of anilines is 1. The number of nitrogens with two attached hydrogens (primary N) is 1. The standard InChI is InChI=1S/C11H12BrFN4O2S/c12-9-6-8(14)7-10(11(9)13)20(18,19)16-3-5-17-4-1-2-15-17/h1-2,4,6-7,16H,3,5,14H2. The summed E-state index contributed by atoms with van der Waals surface area (Å²) in [5.41, 5.74) is 5.69. The van der Waals surface area contributed by atoms with Crippen molar-refractivity contribution in [3.8, 4) is 0 Å². The van der Waals surface area contributed by atoms with Crippen LogP contribution in [0, 0.1) is 5.82 Å². The summed E-state index contributed by atoms with van der Waals surface area (Å²) in [4.78, 5) is -0.482. The van der Waals surface area contributed by atoms with Crippen LogP contribution in [0.4, 0.5) is 10.1 Å². The Labute approximate surface area is 124 Å². The van der Waals surface area contributed by atoms with Gasteiger partial charge in [0.05, 0.1) is 11.0 Å². The van der Waals surface area contributed by atoms with Gasteiger partial charge in [-0.15, -0.1) is 0 Å². The van der Waals surface area contributed by atoms with Crippen LogP contribution in [0.15, 0.2) is 40.0 Å². The lowest BCUT2D eigenvalue weighted by Gasteiger charge is -2.09. The first kappa shape index (κ1) is 14.9. The minimum Gasteiger partial charge on any atom is -0.399 e. The number of hydrogen-bond acceptors (Lipinski definition) is 4. The minimum absolute atomic E-state index is 0.00458. The molecule has 0 aliphatic carbocycles. The van der Waals surface area contributed by atoms with E-state index in [4.69, 9.17) is 5.73 Å². The third-order valence-electron chi connectivity index (χ3n) is 2.50. The Hall–Kier alpha value is -1.45. The van der Waals surface area contributed by atoms with Gasteiger partial charge < -0.3 is 5.73 Å². The number of rotatable bonds is 5. The molecule has 1 aromatic heterocycles. The smallest absolute Gasteiger partial charge is 0.243 e. The molecule has 0 amide bonds. The second-order valence-electron chi connectivity index (χ2n) is 3.98. The van der Waals surface area contributed by atoms with Crippen LogP contribution in [-0.4, -0.2) is 24.7 Å². The van der Waals surface area contributed by atoms with E-state index in [0.717, 1.165) is 6.07 Å². The maximum Gasteiger partial charge on any atom is 0.243 e. The second kappa shape index (κ2) is 5.90. The fraction of sp³-hybridized carbons (Fsp3) is 0.182. The molecule has 0 spiro atoms. The van der Waals surface area contributed by atoms with Gasteiger partial charge in [0, 0.05) is 24.6 Å².